The molecule has 0 N–H and O–H groups in total. The van der Waals surface area contributed by atoms with Crippen LogP contribution in [0.25, 0.3) is 0 Å². The molecule has 0 amide bonds. The molecule has 3 atom stereocenters. The third-order valence-corrected chi connectivity index (χ3v) is 4.22. The van der Waals surface area contributed by atoms with Crippen LogP contribution in [0, 0.1) is 11.8 Å². The van der Waals surface area contributed by atoms with E-state index in [4.69, 9.17) is 11.6 Å². The highest BCUT2D eigenvalue weighted by Gasteiger charge is 2.59. The molecular formula is C12H17ClO. The van der Waals surface area contributed by atoms with Crippen LogP contribution >= 0.6 is 11.6 Å². The summed E-state index contributed by atoms with van der Waals surface area (Å²) in [5, 5.41) is 0. The zero-order valence-electron chi connectivity index (χ0n) is 8.63. The van der Waals surface area contributed by atoms with Gasteiger partial charge in [0.05, 0.1) is 0 Å². The summed E-state index contributed by atoms with van der Waals surface area (Å²) in [6.45, 7) is 2.14. The SMILES string of the molecule is CCCCC1(Cl)C(=O)C2CCC=CC21. The molecule has 1 fully saturated rings. The highest BCUT2D eigenvalue weighted by Crippen LogP contribution is 2.52. The Bertz CT molecular complexity index is 271. The van der Waals surface area contributed by atoms with Crippen LogP contribution in [0.3, 0.4) is 0 Å². The number of carbonyl (C=O) groups excluding carboxylic acids is 1. The lowest BCUT2D eigenvalue weighted by Crippen LogP contribution is -2.59. The Hall–Kier alpha value is -0.300. The summed E-state index contributed by atoms with van der Waals surface area (Å²) in [7, 11) is 0. The van der Waals surface area contributed by atoms with Gasteiger partial charge in [-0.3, -0.25) is 4.79 Å². The van der Waals surface area contributed by atoms with Crippen LogP contribution in [-0.2, 0) is 4.79 Å². The summed E-state index contributed by atoms with van der Waals surface area (Å²) in [4.78, 5) is 11.3. The summed E-state index contributed by atoms with van der Waals surface area (Å²) >= 11 is 6.41. The maximum Gasteiger partial charge on any atom is 0.158 e. The number of ketones is 1. The fraction of sp³-hybridized carbons (Fsp3) is 0.750. The summed E-state index contributed by atoms with van der Waals surface area (Å²) in [6.07, 6.45) is 9.44. The van der Waals surface area contributed by atoms with Gasteiger partial charge in [0, 0.05) is 11.8 Å². The molecule has 0 aromatic rings. The monoisotopic (exact) mass is 212 g/mol. The number of halogens is 1. The van der Waals surface area contributed by atoms with Crippen LogP contribution in [0.2, 0.25) is 0 Å². The Labute approximate surface area is 90.5 Å². The van der Waals surface area contributed by atoms with Crippen molar-refractivity contribution in [3.63, 3.8) is 0 Å². The number of unbranched alkanes of at least 4 members (excludes halogenated alkanes) is 1. The maximum absolute atomic E-state index is 11.9. The Morgan fingerprint density at radius 3 is 3.14 bits per heavy atom. The second kappa shape index (κ2) is 3.69. The van der Waals surface area contributed by atoms with Crippen molar-refractivity contribution in [2.75, 3.05) is 0 Å². The van der Waals surface area contributed by atoms with E-state index in [0.717, 1.165) is 32.1 Å². The van der Waals surface area contributed by atoms with E-state index in [1.165, 1.54) is 0 Å². The molecule has 0 aromatic heterocycles. The second-order valence-corrected chi connectivity index (χ2v) is 5.14. The van der Waals surface area contributed by atoms with Gasteiger partial charge < -0.3 is 0 Å². The molecule has 2 rings (SSSR count). The summed E-state index contributed by atoms with van der Waals surface area (Å²) in [5.74, 6) is 0.883. The van der Waals surface area contributed by atoms with E-state index in [1.54, 1.807) is 0 Å². The molecule has 2 aliphatic carbocycles. The van der Waals surface area contributed by atoms with E-state index in [1.807, 2.05) is 0 Å². The van der Waals surface area contributed by atoms with E-state index >= 15 is 0 Å². The van der Waals surface area contributed by atoms with Crippen molar-refractivity contribution in [2.24, 2.45) is 11.8 Å². The first kappa shape index (κ1) is 10.2. The molecule has 0 spiro atoms. The Kier molecular flexibility index (Phi) is 2.70. The zero-order chi connectivity index (χ0) is 10.2. The fourth-order valence-electron chi connectivity index (χ4n) is 2.70. The number of carbonyl (C=O) groups is 1. The van der Waals surface area contributed by atoms with Gasteiger partial charge >= 0.3 is 0 Å². The van der Waals surface area contributed by atoms with Crippen molar-refractivity contribution < 1.29 is 4.79 Å². The molecule has 0 saturated heterocycles. The van der Waals surface area contributed by atoms with Crippen molar-refractivity contribution >= 4 is 17.4 Å². The minimum absolute atomic E-state index is 0.245. The van der Waals surface area contributed by atoms with Crippen molar-refractivity contribution in [3.8, 4) is 0 Å². The third-order valence-electron chi connectivity index (χ3n) is 3.59. The minimum atomic E-state index is -0.530. The molecule has 1 saturated carbocycles. The van der Waals surface area contributed by atoms with Gasteiger partial charge in [-0.2, -0.15) is 0 Å². The highest BCUT2D eigenvalue weighted by atomic mass is 35.5. The van der Waals surface area contributed by atoms with Crippen molar-refractivity contribution in [3.05, 3.63) is 12.2 Å². The molecule has 0 heterocycles. The van der Waals surface area contributed by atoms with Gasteiger partial charge in [-0.25, -0.2) is 0 Å². The summed E-state index contributed by atoms with van der Waals surface area (Å²) in [5.41, 5.74) is 0. The predicted octanol–water partition coefficient (Wildman–Crippen LogP) is 3.32. The van der Waals surface area contributed by atoms with Gasteiger partial charge in [-0.1, -0.05) is 31.9 Å². The quantitative estimate of drug-likeness (QED) is 0.518. The van der Waals surface area contributed by atoms with Crippen LogP contribution in [0.15, 0.2) is 12.2 Å². The van der Waals surface area contributed by atoms with E-state index < -0.39 is 4.87 Å². The van der Waals surface area contributed by atoms with E-state index in [-0.39, 0.29) is 5.92 Å². The molecule has 78 valence electrons. The van der Waals surface area contributed by atoms with Gasteiger partial charge in [0.2, 0.25) is 0 Å². The summed E-state index contributed by atoms with van der Waals surface area (Å²) in [6, 6.07) is 0. The number of fused-ring (bicyclic) bond motifs is 1. The third kappa shape index (κ3) is 1.33. The number of hydrogen-bond acceptors (Lipinski definition) is 1. The first-order chi connectivity index (χ1) is 6.70. The fourth-order valence-corrected chi connectivity index (χ4v) is 3.20. The van der Waals surface area contributed by atoms with E-state index in [9.17, 15) is 4.79 Å². The first-order valence-corrected chi connectivity index (χ1v) is 5.98. The second-order valence-electron chi connectivity index (χ2n) is 4.47. The number of hydrogen-bond donors (Lipinski definition) is 0. The van der Waals surface area contributed by atoms with Crippen LogP contribution in [0.4, 0.5) is 0 Å². The lowest BCUT2D eigenvalue weighted by molar-refractivity contribution is -0.138. The average Bonchev–Trinajstić information content (AvgIpc) is 2.25. The molecule has 0 bridgehead atoms. The van der Waals surface area contributed by atoms with Crippen LogP contribution < -0.4 is 0 Å². The summed E-state index contributed by atoms with van der Waals surface area (Å²) < 4.78 is 0. The molecule has 2 heteroatoms. The number of alkyl halides is 1. The van der Waals surface area contributed by atoms with Gasteiger partial charge in [0.1, 0.15) is 4.87 Å². The molecule has 0 radical (unpaired) electrons. The van der Waals surface area contributed by atoms with Crippen molar-refractivity contribution in [2.45, 2.75) is 43.9 Å². The molecule has 0 aliphatic heterocycles. The lowest BCUT2D eigenvalue weighted by atomic mass is 9.58. The minimum Gasteiger partial charge on any atom is -0.297 e. The van der Waals surface area contributed by atoms with Crippen molar-refractivity contribution in [1.82, 2.24) is 0 Å². The smallest absolute Gasteiger partial charge is 0.158 e. The largest absolute Gasteiger partial charge is 0.297 e. The number of allylic oxidation sites excluding steroid dienone is 2. The van der Waals surface area contributed by atoms with Crippen LogP contribution in [0.1, 0.15) is 39.0 Å². The Balaban J connectivity index is 2.08. The molecule has 14 heavy (non-hydrogen) atoms. The standard InChI is InChI=1S/C12H17ClO/c1-2-3-8-12(13)10-7-5-4-6-9(10)11(12)14/h5,7,9-10H,2-4,6,8H2,1H3. The van der Waals surface area contributed by atoms with Crippen LogP contribution in [0.5, 0.6) is 0 Å². The van der Waals surface area contributed by atoms with Crippen molar-refractivity contribution in [1.29, 1.82) is 0 Å². The maximum atomic E-state index is 11.9. The first-order valence-electron chi connectivity index (χ1n) is 5.60. The molecule has 1 nitrogen and oxygen atoms in total. The van der Waals surface area contributed by atoms with E-state index in [0.29, 0.717) is 11.7 Å². The lowest BCUT2D eigenvalue weighted by Gasteiger charge is -2.50. The highest BCUT2D eigenvalue weighted by molar-refractivity contribution is 6.38. The molecule has 2 aliphatic rings. The van der Waals surface area contributed by atoms with Gasteiger partial charge in [-0.15, -0.1) is 11.6 Å². The Morgan fingerprint density at radius 2 is 2.43 bits per heavy atom. The number of Topliss-reactive ketones (excluding diaryl/α,β-unsaturated/α-hetero) is 1. The molecular weight excluding hydrogens is 196 g/mol. The van der Waals surface area contributed by atoms with Crippen LogP contribution in [-0.4, -0.2) is 10.7 Å². The topological polar surface area (TPSA) is 17.1 Å². The Morgan fingerprint density at radius 1 is 1.64 bits per heavy atom. The zero-order valence-corrected chi connectivity index (χ0v) is 9.39. The molecule has 0 aromatic carbocycles. The normalized spacial score (nSPS) is 40.6. The predicted molar refractivity (Wildman–Crippen MR) is 58.5 cm³/mol. The van der Waals surface area contributed by atoms with Gasteiger partial charge in [-0.05, 0) is 19.3 Å². The molecule has 3 unspecified atom stereocenters. The number of rotatable bonds is 3. The van der Waals surface area contributed by atoms with E-state index in [2.05, 4.69) is 19.1 Å². The van der Waals surface area contributed by atoms with Gasteiger partial charge in [0.15, 0.2) is 5.78 Å². The average molecular weight is 213 g/mol. The van der Waals surface area contributed by atoms with Gasteiger partial charge in [0.25, 0.3) is 0 Å².